The summed E-state index contributed by atoms with van der Waals surface area (Å²) < 4.78 is 38.9. The third kappa shape index (κ3) is 4.31. The summed E-state index contributed by atoms with van der Waals surface area (Å²) in [6.45, 7) is 3.37. The molecule has 1 heterocycles. The number of halogens is 2. The number of aliphatic hydroxyl groups is 1. The van der Waals surface area contributed by atoms with E-state index >= 15 is 0 Å². The van der Waals surface area contributed by atoms with Crippen LogP contribution in [0, 0.1) is 5.82 Å². The van der Waals surface area contributed by atoms with E-state index in [4.69, 9.17) is 0 Å². The molecule has 0 amide bonds. The molecule has 0 saturated heterocycles. The van der Waals surface area contributed by atoms with Gasteiger partial charge >= 0.3 is 0 Å². The maximum absolute atomic E-state index is 14.3. The fraction of sp³-hybridized carbons (Fsp3) is 0.333. The van der Waals surface area contributed by atoms with Crippen LogP contribution in [0.2, 0.25) is 0 Å². The number of rotatable bonds is 7. The molecule has 0 aliphatic carbocycles. The Balaban J connectivity index is 0.00000261. The van der Waals surface area contributed by atoms with Gasteiger partial charge in [-0.05, 0) is 48.2 Å². The number of benzene rings is 2. The van der Waals surface area contributed by atoms with Gasteiger partial charge in [0.25, 0.3) is 0 Å². The predicted molar refractivity (Wildman–Crippen MR) is 112 cm³/mol. The molecule has 6 nitrogen and oxygen atoms in total. The van der Waals surface area contributed by atoms with Gasteiger partial charge in [0.1, 0.15) is 11.5 Å². The summed E-state index contributed by atoms with van der Waals surface area (Å²) in [5.74, 6) is -0.531. The highest BCUT2D eigenvalue weighted by Crippen LogP contribution is 2.64. The number of nitrogens with zero attached hydrogens (tertiary/aromatic N) is 2. The molecule has 1 aliphatic rings. The highest BCUT2D eigenvalue weighted by Gasteiger charge is 2.42. The molecule has 0 bridgehead atoms. The van der Waals surface area contributed by atoms with Gasteiger partial charge < -0.3 is 10.4 Å². The van der Waals surface area contributed by atoms with Crippen LogP contribution in [0.25, 0.3) is 0 Å². The Labute approximate surface area is 166 Å². The molecule has 2 aromatic rings. The van der Waals surface area contributed by atoms with Crippen molar-refractivity contribution in [2.75, 3.05) is 28.2 Å². The second kappa shape index (κ2) is 9.09. The molecule has 0 aromatic heterocycles. The predicted octanol–water partition coefficient (Wildman–Crippen LogP) is 4.15. The lowest BCUT2D eigenvalue weighted by molar-refractivity contribution is 0.165. The monoisotopic (exact) mass is 417 g/mol. The molecule has 0 fully saturated rings. The van der Waals surface area contributed by atoms with Crippen LogP contribution in [0.4, 0.5) is 21.5 Å². The number of para-hydroxylation sites is 3. The van der Waals surface area contributed by atoms with Crippen LogP contribution in [0.1, 0.15) is 13.3 Å². The van der Waals surface area contributed by atoms with Gasteiger partial charge in [-0.1, -0.05) is 31.2 Å². The van der Waals surface area contributed by atoms with Crippen molar-refractivity contribution >= 4 is 40.4 Å². The van der Waals surface area contributed by atoms with Gasteiger partial charge in [0.2, 0.25) is 0 Å². The van der Waals surface area contributed by atoms with E-state index in [2.05, 4.69) is 5.32 Å². The molecular weight excluding hydrogens is 393 g/mol. The van der Waals surface area contributed by atoms with Crippen molar-refractivity contribution in [3.8, 4) is 0 Å². The van der Waals surface area contributed by atoms with Crippen molar-refractivity contribution in [1.82, 2.24) is 5.32 Å². The van der Waals surface area contributed by atoms with E-state index in [0.29, 0.717) is 24.3 Å². The minimum Gasteiger partial charge on any atom is -0.392 e. The maximum atomic E-state index is 14.3. The minimum absolute atomic E-state index is 0. The summed E-state index contributed by atoms with van der Waals surface area (Å²) in [6.07, 6.45) is -0.262. The Hall–Kier alpha value is -1.55. The van der Waals surface area contributed by atoms with Crippen LogP contribution >= 0.6 is 23.4 Å². The van der Waals surface area contributed by atoms with Crippen molar-refractivity contribution in [1.29, 1.82) is 0 Å². The lowest BCUT2D eigenvalue weighted by atomic mass is 10.2. The number of aliphatic hydroxyl groups excluding tert-OH is 1. The van der Waals surface area contributed by atoms with Gasteiger partial charge in [-0.15, -0.1) is 12.4 Å². The van der Waals surface area contributed by atoms with Crippen LogP contribution in [0.15, 0.2) is 48.5 Å². The molecule has 9 heteroatoms. The van der Waals surface area contributed by atoms with Gasteiger partial charge in [-0.2, -0.15) is 0 Å². The molecule has 0 saturated carbocycles. The third-order valence-corrected chi connectivity index (χ3v) is 6.13. The minimum atomic E-state index is -3.48. The number of likely N-dealkylation sites (N-methyl/N-ethyl adjacent to an activating group) is 1. The molecule has 0 radical (unpaired) electrons. The molecule has 27 heavy (non-hydrogen) atoms. The zero-order valence-corrected chi connectivity index (χ0v) is 16.6. The molecule has 1 aliphatic heterocycles. The number of nitrogens with one attached hydrogen (secondary N) is 1. The Morgan fingerprint density at radius 3 is 2.26 bits per heavy atom. The zero-order chi connectivity index (χ0) is 18.7. The lowest BCUT2D eigenvalue weighted by Gasteiger charge is -2.44. The summed E-state index contributed by atoms with van der Waals surface area (Å²) >= 11 is 0. The maximum Gasteiger partial charge on any atom is 0.148 e. The second-order valence-corrected chi connectivity index (χ2v) is 7.86. The Bertz CT molecular complexity index is 768. The molecular formula is C18H25ClFN3O3S. The van der Waals surface area contributed by atoms with E-state index in [1.807, 2.05) is 6.92 Å². The van der Waals surface area contributed by atoms with Crippen LogP contribution in [-0.4, -0.2) is 40.0 Å². The Kier molecular flexibility index (Phi) is 7.32. The largest absolute Gasteiger partial charge is 0.392 e. The van der Waals surface area contributed by atoms with E-state index in [0.717, 1.165) is 6.54 Å². The van der Waals surface area contributed by atoms with E-state index < -0.39 is 22.9 Å². The molecule has 0 spiro atoms. The van der Waals surface area contributed by atoms with Gasteiger partial charge in [0.05, 0.1) is 17.5 Å². The number of anilines is 3. The topological polar surface area (TPSA) is 79.2 Å². The van der Waals surface area contributed by atoms with E-state index in [1.165, 1.54) is 20.7 Å². The quantitative estimate of drug-likeness (QED) is 0.542. The Morgan fingerprint density at radius 1 is 1.04 bits per heavy atom. The molecule has 1 atom stereocenters. The van der Waals surface area contributed by atoms with Crippen molar-refractivity contribution < 1.29 is 18.6 Å². The molecule has 4 N–H and O–H groups in total. The first-order valence-corrected chi connectivity index (χ1v) is 10.0. The first-order valence-electron chi connectivity index (χ1n) is 8.55. The SMILES string of the molecule is CCNC[C@@H](O)CCN1c2ccccc2N(c2ccccc2F)S1(O)O.Cl. The standard InChI is InChI=1S/C18H24FN3O3S.ClH/c1-2-20-13-14(23)11-12-21-17-9-5-6-10-18(17)22(26(21,24)25)16-8-4-3-7-15(16)19;/h3-10,14,20,23-25H,2,11-13H2,1H3;1H/t14-;/m0./s1. The normalized spacial score (nSPS) is 17.2. The van der Waals surface area contributed by atoms with Crippen LogP contribution in [0.3, 0.4) is 0 Å². The third-order valence-electron chi connectivity index (χ3n) is 4.28. The summed E-state index contributed by atoms with van der Waals surface area (Å²) in [5.41, 5.74) is 1.24. The zero-order valence-electron chi connectivity index (χ0n) is 15.0. The number of hydrogen-bond acceptors (Lipinski definition) is 6. The average molecular weight is 418 g/mol. The second-order valence-electron chi connectivity index (χ2n) is 6.08. The van der Waals surface area contributed by atoms with E-state index in [-0.39, 0.29) is 24.6 Å². The number of fused-ring (bicyclic) bond motifs is 1. The smallest absolute Gasteiger partial charge is 0.148 e. The Morgan fingerprint density at radius 2 is 1.63 bits per heavy atom. The molecule has 3 rings (SSSR count). The van der Waals surface area contributed by atoms with Crippen molar-refractivity contribution in [3.63, 3.8) is 0 Å². The molecule has 0 unspecified atom stereocenters. The summed E-state index contributed by atoms with van der Waals surface area (Å²) in [7, 11) is -3.48. The van der Waals surface area contributed by atoms with Gasteiger partial charge in [-0.3, -0.25) is 13.4 Å². The van der Waals surface area contributed by atoms with Crippen LogP contribution in [-0.2, 0) is 0 Å². The first kappa shape index (κ1) is 21.7. The highest BCUT2D eigenvalue weighted by atomic mass is 35.5. The summed E-state index contributed by atoms with van der Waals surface area (Å²) in [4.78, 5) is 0. The van der Waals surface area contributed by atoms with Crippen molar-refractivity contribution in [2.45, 2.75) is 19.4 Å². The highest BCUT2D eigenvalue weighted by molar-refractivity contribution is 8.27. The van der Waals surface area contributed by atoms with Crippen LogP contribution < -0.4 is 13.9 Å². The van der Waals surface area contributed by atoms with Gasteiger partial charge in [-0.25, -0.2) is 8.70 Å². The van der Waals surface area contributed by atoms with Crippen LogP contribution in [0.5, 0.6) is 0 Å². The summed E-state index contributed by atoms with van der Waals surface area (Å²) in [5, 5.41) is 13.1. The summed E-state index contributed by atoms with van der Waals surface area (Å²) in [6, 6.07) is 13.1. The van der Waals surface area contributed by atoms with E-state index in [9.17, 15) is 18.6 Å². The average Bonchev–Trinajstić information content (AvgIpc) is 2.85. The number of hydrogen-bond donors (Lipinski definition) is 4. The van der Waals surface area contributed by atoms with Crippen molar-refractivity contribution in [2.24, 2.45) is 0 Å². The first-order chi connectivity index (χ1) is 12.5. The van der Waals surface area contributed by atoms with E-state index in [1.54, 1.807) is 36.4 Å². The van der Waals surface area contributed by atoms with Gasteiger partial charge in [0, 0.05) is 13.1 Å². The van der Waals surface area contributed by atoms with Crippen molar-refractivity contribution in [3.05, 3.63) is 54.3 Å². The van der Waals surface area contributed by atoms with Gasteiger partial charge in [0.15, 0.2) is 0 Å². The lowest BCUT2D eigenvalue weighted by Crippen LogP contribution is -2.35. The fourth-order valence-electron chi connectivity index (χ4n) is 3.01. The molecule has 150 valence electrons. The fourth-order valence-corrected chi connectivity index (χ4v) is 4.81. The molecule has 2 aromatic carbocycles.